The van der Waals surface area contributed by atoms with Gasteiger partial charge in [-0.05, 0) is 48.7 Å². The van der Waals surface area contributed by atoms with Crippen molar-refractivity contribution in [2.24, 2.45) is 0 Å². The smallest absolute Gasteiger partial charge is 0.237 e. The van der Waals surface area contributed by atoms with Gasteiger partial charge in [0.2, 0.25) is 5.91 Å². The summed E-state index contributed by atoms with van der Waals surface area (Å²) in [6, 6.07) is 9.87. The number of rotatable bonds is 2. The van der Waals surface area contributed by atoms with Gasteiger partial charge in [0.05, 0.1) is 17.3 Å². The van der Waals surface area contributed by atoms with Gasteiger partial charge >= 0.3 is 0 Å². The minimum atomic E-state index is -0.507. The molecule has 25 heavy (non-hydrogen) atoms. The molecule has 2 aliphatic rings. The van der Waals surface area contributed by atoms with Crippen LogP contribution < -0.4 is 4.90 Å². The molecule has 1 saturated carbocycles. The maximum Gasteiger partial charge on any atom is 0.237 e. The summed E-state index contributed by atoms with van der Waals surface area (Å²) in [4.78, 5) is 23.0. The van der Waals surface area contributed by atoms with Gasteiger partial charge < -0.3 is 9.88 Å². The Morgan fingerprint density at radius 1 is 1.24 bits per heavy atom. The van der Waals surface area contributed by atoms with Gasteiger partial charge in [-0.2, -0.15) is 0 Å². The van der Waals surface area contributed by atoms with Crippen LogP contribution in [-0.4, -0.2) is 31.6 Å². The van der Waals surface area contributed by atoms with E-state index in [2.05, 4.69) is 31.7 Å². The Labute approximate surface area is 152 Å². The summed E-state index contributed by atoms with van der Waals surface area (Å²) in [7, 11) is 4.16. The van der Waals surface area contributed by atoms with E-state index >= 15 is 0 Å². The molecule has 0 unspecified atom stereocenters. The standard InChI is InChI=1S/C18H16B2ClN3O/c19-18(20,15-8-10-7-11(21)1-2-13(10)23-15)24-14-9-22-6-3-12(14)17(4-5-17)16(24)25/h1-3,6-9,23H,4-5,19-20H2. The van der Waals surface area contributed by atoms with Crippen LogP contribution in [0.3, 0.4) is 0 Å². The molecule has 0 saturated heterocycles. The van der Waals surface area contributed by atoms with Crippen molar-refractivity contribution in [1.82, 2.24) is 9.97 Å². The molecule has 3 heterocycles. The van der Waals surface area contributed by atoms with Crippen molar-refractivity contribution in [3.8, 4) is 0 Å². The van der Waals surface area contributed by atoms with Crippen LogP contribution >= 0.6 is 11.6 Å². The molecule has 1 fully saturated rings. The fourth-order valence-corrected chi connectivity index (χ4v) is 4.30. The SMILES string of the molecule is BC(B)(c1cc2cc(Cl)ccc2[nH]1)N1C(=O)C2(CC2)c2ccncc21. The minimum absolute atomic E-state index is 0.192. The van der Waals surface area contributed by atoms with Gasteiger partial charge in [-0.15, -0.1) is 0 Å². The van der Waals surface area contributed by atoms with Crippen LogP contribution in [0.15, 0.2) is 42.7 Å². The molecule has 122 valence electrons. The average molecular weight is 347 g/mol. The highest BCUT2D eigenvalue weighted by Crippen LogP contribution is 2.58. The normalized spacial score (nSPS) is 18.1. The fourth-order valence-electron chi connectivity index (χ4n) is 4.12. The molecule has 1 aliphatic heterocycles. The Kier molecular flexibility index (Phi) is 2.84. The zero-order chi connectivity index (χ0) is 17.4. The predicted molar refractivity (Wildman–Crippen MR) is 105 cm³/mol. The molecule has 5 rings (SSSR count). The molecule has 4 nitrogen and oxygen atoms in total. The van der Waals surface area contributed by atoms with Gasteiger partial charge in [0, 0.05) is 33.2 Å². The fraction of sp³-hybridized carbons (Fsp3) is 0.222. The lowest BCUT2D eigenvalue weighted by molar-refractivity contribution is -0.120. The minimum Gasteiger partial charge on any atom is -0.358 e. The molecule has 1 aromatic carbocycles. The first-order valence-electron chi connectivity index (χ1n) is 8.51. The Balaban J connectivity index is 1.67. The number of halogens is 1. The highest BCUT2D eigenvalue weighted by molar-refractivity contribution is 6.44. The number of carbonyl (C=O) groups excluding carboxylic acids is 1. The number of anilines is 1. The third kappa shape index (κ3) is 1.92. The molecule has 7 heteroatoms. The van der Waals surface area contributed by atoms with Crippen molar-refractivity contribution in [3.63, 3.8) is 0 Å². The van der Waals surface area contributed by atoms with Gasteiger partial charge in [0.1, 0.15) is 15.7 Å². The van der Waals surface area contributed by atoms with Crippen molar-refractivity contribution in [2.75, 3.05) is 4.90 Å². The van der Waals surface area contributed by atoms with Crippen LogP contribution in [0.1, 0.15) is 24.1 Å². The van der Waals surface area contributed by atoms with Gasteiger partial charge in [0.25, 0.3) is 0 Å². The van der Waals surface area contributed by atoms with Crippen molar-refractivity contribution >= 4 is 49.8 Å². The number of fused-ring (bicyclic) bond motifs is 3. The molecule has 1 N–H and O–H groups in total. The van der Waals surface area contributed by atoms with E-state index in [-0.39, 0.29) is 11.3 Å². The Bertz CT molecular complexity index is 1040. The van der Waals surface area contributed by atoms with E-state index in [9.17, 15) is 4.79 Å². The summed E-state index contributed by atoms with van der Waals surface area (Å²) in [5, 5.41) is 1.25. The lowest BCUT2D eigenvalue weighted by Crippen LogP contribution is -2.51. The van der Waals surface area contributed by atoms with Crippen LogP contribution in [0.4, 0.5) is 5.69 Å². The van der Waals surface area contributed by atoms with E-state index in [1.54, 1.807) is 6.20 Å². The monoisotopic (exact) mass is 347 g/mol. The molecule has 0 atom stereocenters. The zero-order valence-corrected chi connectivity index (χ0v) is 14.9. The number of hydrogen-bond donors (Lipinski definition) is 1. The summed E-state index contributed by atoms with van der Waals surface area (Å²) >= 11 is 6.12. The first-order chi connectivity index (χ1) is 11.9. The second-order valence-corrected chi connectivity index (χ2v) is 8.03. The molecule has 0 bridgehead atoms. The largest absolute Gasteiger partial charge is 0.358 e. The molecular weight excluding hydrogens is 331 g/mol. The van der Waals surface area contributed by atoms with Crippen LogP contribution in [0.2, 0.25) is 5.02 Å². The van der Waals surface area contributed by atoms with Crippen molar-refractivity contribution in [2.45, 2.75) is 23.6 Å². The third-order valence-electron chi connectivity index (χ3n) is 5.72. The third-order valence-corrected chi connectivity index (χ3v) is 5.96. The summed E-state index contributed by atoms with van der Waals surface area (Å²) in [6.45, 7) is 0. The number of H-pyrrole nitrogens is 1. The molecule has 1 amide bonds. The highest BCUT2D eigenvalue weighted by Gasteiger charge is 2.61. The molecule has 3 aromatic rings. The Morgan fingerprint density at radius 3 is 2.80 bits per heavy atom. The Hall–Kier alpha value is -2.20. The van der Waals surface area contributed by atoms with Crippen LogP contribution in [0, 0.1) is 0 Å². The summed E-state index contributed by atoms with van der Waals surface area (Å²) in [6.07, 6.45) is 5.46. The van der Waals surface area contributed by atoms with Gasteiger partial charge in [0.15, 0.2) is 0 Å². The van der Waals surface area contributed by atoms with Crippen molar-refractivity contribution in [3.05, 3.63) is 59.0 Å². The predicted octanol–water partition coefficient (Wildman–Crippen LogP) is 1.67. The van der Waals surface area contributed by atoms with Crippen LogP contribution in [-0.2, 0) is 15.5 Å². The second-order valence-electron chi connectivity index (χ2n) is 7.59. The number of aromatic amines is 1. The van der Waals surface area contributed by atoms with E-state index < -0.39 is 5.34 Å². The quantitative estimate of drug-likeness (QED) is 0.717. The number of nitrogens with zero attached hydrogens (tertiary/aromatic N) is 2. The number of carbonyl (C=O) groups is 1. The van der Waals surface area contributed by atoms with Gasteiger partial charge in [-0.25, -0.2) is 0 Å². The second kappa shape index (κ2) is 4.70. The first kappa shape index (κ1) is 15.1. The number of pyridine rings is 1. The molecule has 1 aliphatic carbocycles. The lowest BCUT2D eigenvalue weighted by Gasteiger charge is -2.36. The van der Waals surface area contributed by atoms with Gasteiger partial charge in [-0.3, -0.25) is 9.78 Å². The van der Waals surface area contributed by atoms with E-state index in [1.165, 1.54) is 0 Å². The molecule has 0 radical (unpaired) electrons. The summed E-state index contributed by atoms with van der Waals surface area (Å²) in [5.74, 6) is 0.192. The van der Waals surface area contributed by atoms with Crippen molar-refractivity contribution < 1.29 is 4.79 Å². The van der Waals surface area contributed by atoms with Crippen LogP contribution in [0.5, 0.6) is 0 Å². The molecule has 2 aromatic heterocycles. The van der Waals surface area contributed by atoms with E-state index in [4.69, 9.17) is 11.6 Å². The number of benzene rings is 1. The van der Waals surface area contributed by atoms with E-state index in [1.807, 2.05) is 35.4 Å². The highest BCUT2D eigenvalue weighted by atomic mass is 35.5. The Morgan fingerprint density at radius 2 is 2.04 bits per heavy atom. The van der Waals surface area contributed by atoms with E-state index in [0.29, 0.717) is 5.02 Å². The molecule has 1 spiro atoms. The lowest BCUT2D eigenvalue weighted by atomic mass is 9.58. The topological polar surface area (TPSA) is 49.0 Å². The van der Waals surface area contributed by atoms with Crippen molar-refractivity contribution in [1.29, 1.82) is 0 Å². The average Bonchev–Trinajstić information content (AvgIpc) is 3.21. The number of hydrogen-bond acceptors (Lipinski definition) is 2. The van der Waals surface area contributed by atoms with E-state index in [0.717, 1.165) is 40.7 Å². The molecular formula is C18H16B2ClN3O. The maximum absolute atomic E-state index is 13.3. The zero-order valence-electron chi connectivity index (χ0n) is 14.1. The summed E-state index contributed by atoms with van der Waals surface area (Å²) in [5.41, 5.74) is 3.76. The number of aromatic nitrogens is 2. The van der Waals surface area contributed by atoms with Crippen LogP contribution in [0.25, 0.3) is 10.9 Å². The number of amides is 1. The first-order valence-corrected chi connectivity index (χ1v) is 8.89. The maximum atomic E-state index is 13.3. The van der Waals surface area contributed by atoms with Gasteiger partial charge in [-0.1, -0.05) is 11.6 Å². The summed E-state index contributed by atoms with van der Waals surface area (Å²) < 4.78 is 0. The number of nitrogens with one attached hydrogen (secondary N) is 1.